The Labute approximate surface area is 164 Å². The molecule has 0 aliphatic carbocycles. The SMILES string of the molecule is O=C1C(=Cc2cccc(Br)c2)Oc2cc(OCc3ccc(F)cc3)ccc21. The molecule has 5 heteroatoms. The summed E-state index contributed by atoms with van der Waals surface area (Å²) in [5.74, 6) is 0.884. The first-order valence-corrected chi connectivity index (χ1v) is 9.09. The fourth-order valence-electron chi connectivity index (χ4n) is 2.75. The molecule has 4 rings (SSSR count). The Balaban J connectivity index is 1.51. The largest absolute Gasteiger partial charge is 0.489 e. The van der Waals surface area contributed by atoms with Crippen LogP contribution < -0.4 is 9.47 Å². The lowest BCUT2D eigenvalue weighted by molar-refractivity contribution is 0.101. The van der Waals surface area contributed by atoms with Crippen LogP contribution in [0.15, 0.2) is 77.0 Å². The molecular formula is C22H14BrFO3. The van der Waals surface area contributed by atoms with Gasteiger partial charge in [0.2, 0.25) is 5.78 Å². The van der Waals surface area contributed by atoms with Crippen molar-refractivity contribution in [3.63, 3.8) is 0 Å². The minimum Gasteiger partial charge on any atom is -0.489 e. The van der Waals surface area contributed by atoms with Gasteiger partial charge in [-0.1, -0.05) is 40.2 Å². The van der Waals surface area contributed by atoms with Crippen LogP contribution in [0.3, 0.4) is 0 Å². The molecule has 0 saturated heterocycles. The number of carbonyl (C=O) groups excluding carboxylic acids is 1. The molecule has 1 heterocycles. The summed E-state index contributed by atoms with van der Waals surface area (Å²) >= 11 is 3.41. The molecule has 0 fully saturated rings. The van der Waals surface area contributed by atoms with E-state index in [0.29, 0.717) is 23.7 Å². The van der Waals surface area contributed by atoms with Crippen LogP contribution in [0, 0.1) is 5.82 Å². The Kier molecular flexibility index (Phi) is 4.77. The van der Waals surface area contributed by atoms with Crippen LogP contribution in [0.1, 0.15) is 21.5 Å². The summed E-state index contributed by atoms with van der Waals surface area (Å²) in [7, 11) is 0. The number of fused-ring (bicyclic) bond motifs is 1. The fraction of sp³-hybridized carbons (Fsp3) is 0.0455. The van der Waals surface area contributed by atoms with Crippen LogP contribution >= 0.6 is 15.9 Å². The lowest BCUT2D eigenvalue weighted by Crippen LogP contribution is -1.98. The first kappa shape index (κ1) is 17.5. The summed E-state index contributed by atoms with van der Waals surface area (Å²) in [6, 6.07) is 18.8. The van der Waals surface area contributed by atoms with Crippen LogP contribution in [-0.4, -0.2) is 5.78 Å². The molecule has 0 radical (unpaired) electrons. The molecule has 0 saturated carbocycles. The Morgan fingerprint density at radius 1 is 1.04 bits per heavy atom. The van der Waals surface area contributed by atoms with Crippen LogP contribution in [0.4, 0.5) is 4.39 Å². The molecule has 0 atom stereocenters. The lowest BCUT2D eigenvalue weighted by Gasteiger charge is -2.07. The van der Waals surface area contributed by atoms with Crippen molar-refractivity contribution >= 4 is 27.8 Å². The first-order chi connectivity index (χ1) is 13.1. The number of hydrogen-bond acceptors (Lipinski definition) is 3. The monoisotopic (exact) mass is 424 g/mol. The van der Waals surface area contributed by atoms with Gasteiger partial charge in [-0.25, -0.2) is 4.39 Å². The smallest absolute Gasteiger partial charge is 0.231 e. The third kappa shape index (κ3) is 3.93. The van der Waals surface area contributed by atoms with Gasteiger partial charge in [-0.15, -0.1) is 0 Å². The molecule has 3 nitrogen and oxygen atoms in total. The van der Waals surface area contributed by atoms with E-state index in [4.69, 9.17) is 9.47 Å². The van der Waals surface area contributed by atoms with E-state index >= 15 is 0 Å². The molecule has 0 spiro atoms. The Morgan fingerprint density at radius 2 is 1.85 bits per heavy atom. The summed E-state index contributed by atoms with van der Waals surface area (Å²) in [4.78, 5) is 12.5. The molecule has 134 valence electrons. The zero-order valence-corrected chi connectivity index (χ0v) is 15.7. The second-order valence-electron chi connectivity index (χ2n) is 6.07. The predicted molar refractivity (Wildman–Crippen MR) is 104 cm³/mol. The average Bonchev–Trinajstić information content (AvgIpc) is 2.96. The standard InChI is InChI=1S/C22H14BrFO3/c23-16-3-1-2-15(10-16)11-21-22(25)19-9-8-18(12-20(19)27-21)26-13-14-4-6-17(24)7-5-14/h1-12H,13H2. The number of hydrogen-bond donors (Lipinski definition) is 0. The number of carbonyl (C=O) groups is 1. The van der Waals surface area contributed by atoms with E-state index in [2.05, 4.69) is 15.9 Å². The molecule has 0 unspecified atom stereocenters. The van der Waals surface area contributed by atoms with Gasteiger partial charge in [0.05, 0.1) is 5.56 Å². The first-order valence-electron chi connectivity index (χ1n) is 8.29. The highest BCUT2D eigenvalue weighted by molar-refractivity contribution is 9.10. The Bertz CT molecular complexity index is 1040. The molecule has 27 heavy (non-hydrogen) atoms. The van der Waals surface area contributed by atoms with E-state index in [9.17, 15) is 9.18 Å². The second-order valence-corrected chi connectivity index (χ2v) is 6.98. The number of allylic oxidation sites excluding steroid dienone is 1. The van der Waals surface area contributed by atoms with Gasteiger partial charge in [0.15, 0.2) is 5.76 Å². The van der Waals surface area contributed by atoms with Gasteiger partial charge in [-0.05, 0) is 53.6 Å². The van der Waals surface area contributed by atoms with Crippen molar-refractivity contribution in [1.29, 1.82) is 0 Å². The molecule has 0 bridgehead atoms. The maximum atomic E-state index is 13.0. The average molecular weight is 425 g/mol. The van der Waals surface area contributed by atoms with Crippen LogP contribution in [-0.2, 0) is 6.61 Å². The van der Waals surface area contributed by atoms with Crippen molar-refractivity contribution in [3.05, 3.63) is 99.5 Å². The summed E-state index contributed by atoms with van der Waals surface area (Å²) in [6.45, 7) is 0.299. The Hall–Kier alpha value is -2.92. The third-order valence-electron chi connectivity index (χ3n) is 4.11. The molecule has 3 aromatic carbocycles. The third-order valence-corrected chi connectivity index (χ3v) is 4.60. The molecule has 3 aromatic rings. The summed E-state index contributed by atoms with van der Waals surface area (Å²) in [5.41, 5.74) is 2.22. The highest BCUT2D eigenvalue weighted by atomic mass is 79.9. The second kappa shape index (κ2) is 7.37. The van der Waals surface area contributed by atoms with Crippen molar-refractivity contribution in [2.45, 2.75) is 6.61 Å². The van der Waals surface area contributed by atoms with Crippen molar-refractivity contribution in [3.8, 4) is 11.5 Å². The highest BCUT2D eigenvalue weighted by Crippen LogP contribution is 2.35. The number of ketones is 1. The van der Waals surface area contributed by atoms with E-state index in [-0.39, 0.29) is 17.4 Å². The fourth-order valence-corrected chi connectivity index (χ4v) is 3.17. The van der Waals surface area contributed by atoms with E-state index in [1.54, 1.807) is 36.4 Å². The number of Topliss-reactive ketones (excluding diaryl/α,β-unsaturated/α-hetero) is 1. The summed E-state index contributed by atoms with van der Waals surface area (Å²) in [5, 5.41) is 0. The van der Waals surface area contributed by atoms with Crippen molar-refractivity contribution in [2.75, 3.05) is 0 Å². The van der Waals surface area contributed by atoms with Gasteiger partial charge in [0.1, 0.15) is 23.9 Å². The van der Waals surface area contributed by atoms with Gasteiger partial charge in [0.25, 0.3) is 0 Å². The van der Waals surface area contributed by atoms with Crippen molar-refractivity contribution in [1.82, 2.24) is 0 Å². The van der Waals surface area contributed by atoms with Crippen LogP contribution in [0.25, 0.3) is 6.08 Å². The number of benzene rings is 3. The maximum absolute atomic E-state index is 13.0. The molecule has 0 aromatic heterocycles. The Morgan fingerprint density at radius 3 is 2.63 bits per heavy atom. The predicted octanol–water partition coefficient (Wildman–Crippen LogP) is 5.78. The van der Waals surface area contributed by atoms with E-state index in [0.717, 1.165) is 15.6 Å². The van der Waals surface area contributed by atoms with Crippen molar-refractivity contribution < 1.29 is 18.7 Å². The quantitative estimate of drug-likeness (QED) is 0.497. The maximum Gasteiger partial charge on any atom is 0.231 e. The van der Waals surface area contributed by atoms with Gasteiger partial charge in [0, 0.05) is 10.5 Å². The van der Waals surface area contributed by atoms with E-state index in [1.165, 1.54) is 12.1 Å². The minimum atomic E-state index is -0.284. The van der Waals surface area contributed by atoms with Crippen LogP contribution in [0.2, 0.25) is 0 Å². The molecule has 1 aliphatic rings. The van der Waals surface area contributed by atoms with Gasteiger partial charge >= 0.3 is 0 Å². The van der Waals surface area contributed by atoms with Gasteiger partial charge in [-0.2, -0.15) is 0 Å². The van der Waals surface area contributed by atoms with Gasteiger partial charge in [-0.3, -0.25) is 4.79 Å². The van der Waals surface area contributed by atoms with Gasteiger partial charge < -0.3 is 9.47 Å². The highest BCUT2D eigenvalue weighted by Gasteiger charge is 2.27. The summed E-state index contributed by atoms with van der Waals surface area (Å²) in [6.07, 6.45) is 1.71. The minimum absolute atomic E-state index is 0.157. The number of rotatable bonds is 4. The van der Waals surface area contributed by atoms with E-state index < -0.39 is 0 Å². The normalized spacial score (nSPS) is 14.1. The molecule has 0 amide bonds. The van der Waals surface area contributed by atoms with Crippen LogP contribution in [0.5, 0.6) is 11.5 Å². The summed E-state index contributed by atoms with van der Waals surface area (Å²) < 4.78 is 25.3. The molecular weight excluding hydrogens is 411 g/mol. The number of halogens is 2. The zero-order valence-electron chi connectivity index (χ0n) is 14.1. The van der Waals surface area contributed by atoms with E-state index in [1.807, 2.05) is 24.3 Å². The van der Waals surface area contributed by atoms with Crippen molar-refractivity contribution in [2.24, 2.45) is 0 Å². The number of ether oxygens (including phenoxy) is 2. The molecule has 0 N–H and O–H groups in total. The lowest BCUT2D eigenvalue weighted by atomic mass is 10.1. The molecule has 1 aliphatic heterocycles. The topological polar surface area (TPSA) is 35.5 Å². The zero-order chi connectivity index (χ0) is 18.8.